The van der Waals surface area contributed by atoms with Crippen molar-refractivity contribution >= 4 is 22.4 Å². The summed E-state index contributed by atoms with van der Waals surface area (Å²) in [5, 5.41) is 15.5. The lowest BCUT2D eigenvalue weighted by Gasteiger charge is -2.14. The molecule has 0 aliphatic carbocycles. The van der Waals surface area contributed by atoms with E-state index >= 15 is 0 Å². The monoisotopic (exact) mass is 285 g/mol. The lowest BCUT2D eigenvalue weighted by molar-refractivity contribution is -0.116. The average molecular weight is 285 g/mol. The summed E-state index contributed by atoms with van der Waals surface area (Å²) in [6.07, 6.45) is 1.49. The number of hydrogen-bond donors (Lipinski definition) is 2. The number of amides is 1. The molecule has 0 aliphatic heterocycles. The number of carbonyl (C=O) groups excluding carboxylic acids is 1. The Balaban J connectivity index is 2.44. The van der Waals surface area contributed by atoms with Crippen LogP contribution < -0.4 is 10.2 Å². The van der Waals surface area contributed by atoms with E-state index in [1.165, 1.54) is 11.3 Å². The molecular formula is C13H23N3O2S. The van der Waals surface area contributed by atoms with Crippen molar-refractivity contribution in [3.05, 3.63) is 11.1 Å². The van der Waals surface area contributed by atoms with E-state index in [2.05, 4.69) is 17.2 Å². The molecule has 0 spiro atoms. The summed E-state index contributed by atoms with van der Waals surface area (Å²) >= 11 is 1.47. The first-order valence-corrected chi connectivity index (χ1v) is 7.57. The third kappa shape index (κ3) is 5.26. The van der Waals surface area contributed by atoms with Gasteiger partial charge in [-0.05, 0) is 13.3 Å². The van der Waals surface area contributed by atoms with E-state index in [1.807, 2.05) is 12.3 Å². The molecule has 0 bridgehead atoms. The summed E-state index contributed by atoms with van der Waals surface area (Å²) < 4.78 is 0. The van der Waals surface area contributed by atoms with Gasteiger partial charge in [-0.3, -0.25) is 9.69 Å². The van der Waals surface area contributed by atoms with Crippen LogP contribution in [-0.4, -0.2) is 35.2 Å². The van der Waals surface area contributed by atoms with Crippen molar-refractivity contribution in [3.8, 4) is 0 Å². The molecule has 0 aliphatic rings. The number of carbonyl (C=O) groups is 1. The predicted molar refractivity (Wildman–Crippen MR) is 78.4 cm³/mol. The van der Waals surface area contributed by atoms with E-state index < -0.39 is 0 Å². The molecule has 1 aromatic heterocycles. The minimum absolute atomic E-state index is 0.00901. The number of hydrogen-bond acceptors (Lipinski definition) is 5. The maximum Gasteiger partial charge on any atom is 0.225 e. The van der Waals surface area contributed by atoms with Crippen molar-refractivity contribution in [1.82, 2.24) is 10.3 Å². The minimum Gasteiger partial charge on any atom is -0.392 e. The number of anilines is 1. The first-order valence-electron chi connectivity index (χ1n) is 6.69. The van der Waals surface area contributed by atoms with Crippen molar-refractivity contribution in [3.63, 3.8) is 0 Å². The van der Waals surface area contributed by atoms with Crippen LogP contribution in [0.1, 0.15) is 39.3 Å². The molecule has 6 heteroatoms. The van der Waals surface area contributed by atoms with Crippen molar-refractivity contribution in [2.45, 2.75) is 46.3 Å². The minimum atomic E-state index is -0.299. The summed E-state index contributed by atoms with van der Waals surface area (Å²) in [5.41, 5.74) is 0.906. The summed E-state index contributed by atoms with van der Waals surface area (Å²) in [4.78, 5) is 17.5. The van der Waals surface area contributed by atoms with Gasteiger partial charge >= 0.3 is 0 Å². The van der Waals surface area contributed by atoms with Gasteiger partial charge in [0.15, 0.2) is 5.13 Å². The molecule has 0 saturated carbocycles. The molecule has 108 valence electrons. The summed E-state index contributed by atoms with van der Waals surface area (Å²) in [5.74, 6) is 0.00901. The van der Waals surface area contributed by atoms with Gasteiger partial charge in [-0.1, -0.05) is 13.3 Å². The second-order valence-corrected chi connectivity index (χ2v) is 5.29. The largest absolute Gasteiger partial charge is 0.392 e. The number of thiazole rings is 1. The van der Waals surface area contributed by atoms with E-state index in [4.69, 9.17) is 0 Å². The van der Waals surface area contributed by atoms with E-state index in [0.29, 0.717) is 19.6 Å². The molecule has 0 fully saturated rings. The summed E-state index contributed by atoms with van der Waals surface area (Å²) in [6, 6.07) is 0. The molecule has 1 rings (SSSR count). The van der Waals surface area contributed by atoms with E-state index in [-0.39, 0.29) is 12.0 Å². The Morgan fingerprint density at radius 1 is 1.58 bits per heavy atom. The lowest BCUT2D eigenvalue weighted by Crippen LogP contribution is -2.28. The number of aliphatic hydroxyl groups is 1. The van der Waals surface area contributed by atoms with Crippen molar-refractivity contribution in [1.29, 1.82) is 0 Å². The third-order valence-electron chi connectivity index (χ3n) is 2.77. The average Bonchev–Trinajstić information content (AvgIpc) is 2.78. The lowest BCUT2D eigenvalue weighted by atomic mass is 10.2. The normalized spacial score (nSPS) is 12.4. The SMILES string of the molecule is CCCC(O)CNCc1csc(N(CC)C(C)=O)n1. The van der Waals surface area contributed by atoms with E-state index in [1.54, 1.807) is 11.8 Å². The number of rotatable bonds is 8. The van der Waals surface area contributed by atoms with Crippen LogP contribution in [0.5, 0.6) is 0 Å². The van der Waals surface area contributed by atoms with Gasteiger partial charge in [-0.25, -0.2) is 4.98 Å². The van der Waals surface area contributed by atoms with Crippen molar-refractivity contribution in [2.24, 2.45) is 0 Å². The van der Waals surface area contributed by atoms with Crippen molar-refractivity contribution in [2.75, 3.05) is 18.0 Å². The highest BCUT2D eigenvalue weighted by Gasteiger charge is 2.13. The molecule has 2 N–H and O–H groups in total. The van der Waals surface area contributed by atoms with Crippen LogP contribution in [0.15, 0.2) is 5.38 Å². The topological polar surface area (TPSA) is 65.5 Å². The first-order chi connectivity index (χ1) is 9.08. The molecule has 0 saturated heterocycles. The van der Waals surface area contributed by atoms with Crippen molar-refractivity contribution < 1.29 is 9.90 Å². The molecule has 1 unspecified atom stereocenters. The second-order valence-electron chi connectivity index (χ2n) is 4.46. The molecular weight excluding hydrogens is 262 g/mol. The Kier molecular flexibility index (Phi) is 6.97. The molecule has 0 aromatic carbocycles. The maximum atomic E-state index is 11.4. The van der Waals surface area contributed by atoms with E-state index in [0.717, 1.165) is 23.7 Å². The molecule has 1 heterocycles. The van der Waals surface area contributed by atoms with Gasteiger partial charge in [-0.2, -0.15) is 0 Å². The molecule has 1 atom stereocenters. The van der Waals surface area contributed by atoms with Crippen LogP contribution in [-0.2, 0) is 11.3 Å². The van der Waals surface area contributed by atoms with Gasteiger partial charge in [0.1, 0.15) is 0 Å². The van der Waals surface area contributed by atoms with Crippen LogP contribution in [0.4, 0.5) is 5.13 Å². The maximum absolute atomic E-state index is 11.4. The Labute approximate surface area is 118 Å². The smallest absolute Gasteiger partial charge is 0.225 e. The molecule has 0 radical (unpaired) electrons. The highest BCUT2D eigenvalue weighted by Crippen LogP contribution is 2.20. The second kappa shape index (κ2) is 8.24. The number of nitrogens with one attached hydrogen (secondary N) is 1. The van der Waals surface area contributed by atoms with Crippen LogP contribution in [0.2, 0.25) is 0 Å². The zero-order chi connectivity index (χ0) is 14.3. The highest BCUT2D eigenvalue weighted by molar-refractivity contribution is 7.14. The first kappa shape index (κ1) is 16.1. The fourth-order valence-electron chi connectivity index (χ4n) is 1.80. The zero-order valence-corrected chi connectivity index (χ0v) is 12.7. The van der Waals surface area contributed by atoms with Gasteiger partial charge in [0.05, 0.1) is 11.8 Å². The fraction of sp³-hybridized carbons (Fsp3) is 0.692. The van der Waals surface area contributed by atoms with Gasteiger partial charge in [0.25, 0.3) is 0 Å². The van der Waals surface area contributed by atoms with E-state index in [9.17, 15) is 9.90 Å². The number of aromatic nitrogens is 1. The molecule has 1 aromatic rings. The van der Waals surface area contributed by atoms with Crippen LogP contribution in [0.3, 0.4) is 0 Å². The van der Waals surface area contributed by atoms with Crippen LogP contribution in [0.25, 0.3) is 0 Å². The molecule has 1 amide bonds. The highest BCUT2D eigenvalue weighted by atomic mass is 32.1. The van der Waals surface area contributed by atoms with Crippen LogP contribution >= 0.6 is 11.3 Å². The summed E-state index contributed by atoms with van der Waals surface area (Å²) in [7, 11) is 0. The number of aliphatic hydroxyl groups excluding tert-OH is 1. The third-order valence-corrected chi connectivity index (χ3v) is 3.69. The number of nitrogens with zero attached hydrogens (tertiary/aromatic N) is 2. The quantitative estimate of drug-likeness (QED) is 0.764. The van der Waals surface area contributed by atoms with Gasteiger partial charge in [-0.15, -0.1) is 11.3 Å². The zero-order valence-electron chi connectivity index (χ0n) is 11.8. The summed E-state index contributed by atoms with van der Waals surface area (Å²) in [6.45, 7) is 7.35. The van der Waals surface area contributed by atoms with Gasteiger partial charge in [0, 0.05) is 31.9 Å². The predicted octanol–water partition coefficient (Wildman–Crippen LogP) is 1.77. The fourth-order valence-corrected chi connectivity index (χ4v) is 2.73. The van der Waals surface area contributed by atoms with Gasteiger partial charge in [0.2, 0.25) is 5.91 Å². The Bertz CT molecular complexity index is 395. The Hall–Kier alpha value is -0.980. The molecule has 19 heavy (non-hydrogen) atoms. The standard InChI is InChI=1S/C13H23N3O2S/c1-4-6-12(18)8-14-7-11-9-19-13(15-11)16(5-2)10(3)17/h9,12,14,18H,4-8H2,1-3H3. The Morgan fingerprint density at radius 3 is 2.89 bits per heavy atom. The van der Waals surface area contributed by atoms with Crippen LogP contribution in [0, 0.1) is 0 Å². The molecule has 5 nitrogen and oxygen atoms in total. The Morgan fingerprint density at radius 2 is 2.32 bits per heavy atom. The van der Waals surface area contributed by atoms with Gasteiger partial charge < -0.3 is 10.4 Å².